The molecule has 1 saturated heterocycles. The number of alkyl halides is 1. The highest BCUT2D eigenvalue weighted by molar-refractivity contribution is 6.04. The number of hydrogen-bond donors (Lipinski definition) is 1. The molecule has 1 aliphatic heterocycles. The Morgan fingerprint density at radius 3 is 2.69 bits per heavy atom. The van der Waals surface area contributed by atoms with Crippen LogP contribution in [-0.2, 0) is 13.2 Å². The lowest BCUT2D eigenvalue weighted by Crippen LogP contribution is -2.44. The molecule has 2 aromatic heterocycles. The van der Waals surface area contributed by atoms with E-state index in [4.69, 9.17) is 0 Å². The third kappa shape index (κ3) is 4.94. The van der Waals surface area contributed by atoms with Crippen LogP contribution >= 0.6 is 0 Å². The van der Waals surface area contributed by atoms with Crippen LogP contribution in [0.1, 0.15) is 27.0 Å². The maximum atomic E-state index is 13.9. The first-order chi connectivity index (χ1) is 17.0. The van der Waals surface area contributed by atoms with Crippen LogP contribution < -0.4 is 5.32 Å². The Bertz CT molecular complexity index is 1360. The summed E-state index contributed by atoms with van der Waals surface area (Å²) in [5, 5.41) is 7.36. The fourth-order valence-electron chi connectivity index (χ4n) is 4.48. The number of nitrogens with zero attached hydrogens (tertiary/aromatic N) is 5. The molecule has 1 N–H and O–H groups in total. The van der Waals surface area contributed by atoms with Crippen LogP contribution in [0, 0.1) is 6.92 Å². The number of aryl methyl sites for hydroxylation is 1. The zero-order valence-electron chi connectivity index (χ0n) is 20.0. The van der Waals surface area contributed by atoms with Gasteiger partial charge in [-0.05, 0) is 67.1 Å². The summed E-state index contributed by atoms with van der Waals surface area (Å²) in [5.74, 6) is -0.267. The molecule has 35 heavy (non-hydrogen) atoms. The number of imidazole rings is 1. The van der Waals surface area contributed by atoms with Gasteiger partial charge in [0.15, 0.2) is 5.65 Å². The van der Waals surface area contributed by atoms with Crippen LogP contribution in [0.4, 0.5) is 10.1 Å². The Morgan fingerprint density at radius 2 is 1.89 bits per heavy atom. The molecule has 1 amide bonds. The number of nitrogens with one attached hydrogen (secondary N) is 1. The van der Waals surface area contributed by atoms with E-state index in [0.29, 0.717) is 23.4 Å². The number of carbonyl (C=O) groups is 1. The fourth-order valence-corrected chi connectivity index (χ4v) is 4.48. The molecule has 8 heteroatoms. The van der Waals surface area contributed by atoms with Crippen molar-refractivity contribution in [1.82, 2.24) is 24.4 Å². The number of benzene rings is 2. The molecular formula is C27H29FN6O. The zero-order chi connectivity index (χ0) is 24.4. The van der Waals surface area contributed by atoms with Crippen molar-refractivity contribution >= 4 is 17.2 Å². The molecule has 2 aromatic carbocycles. The van der Waals surface area contributed by atoms with Crippen LogP contribution in [0.5, 0.6) is 0 Å². The van der Waals surface area contributed by atoms with Gasteiger partial charge < -0.3 is 10.2 Å². The van der Waals surface area contributed by atoms with E-state index in [-0.39, 0.29) is 5.91 Å². The van der Waals surface area contributed by atoms with Crippen LogP contribution in [0.3, 0.4) is 0 Å². The van der Waals surface area contributed by atoms with Gasteiger partial charge in [-0.15, -0.1) is 0 Å². The van der Waals surface area contributed by atoms with Crippen molar-refractivity contribution in [2.45, 2.75) is 20.1 Å². The Labute approximate surface area is 204 Å². The zero-order valence-corrected chi connectivity index (χ0v) is 20.0. The van der Waals surface area contributed by atoms with Gasteiger partial charge in [-0.25, -0.2) is 13.9 Å². The molecule has 0 bridgehead atoms. The van der Waals surface area contributed by atoms with Gasteiger partial charge in [-0.1, -0.05) is 12.1 Å². The second-order valence-electron chi connectivity index (χ2n) is 9.12. The quantitative estimate of drug-likeness (QED) is 0.456. The molecule has 1 fully saturated rings. The predicted octanol–water partition coefficient (Wildman–Crippen LogP) is 4.17. The highest BCUT2D eigenvalue weighted by Crippen LogP contribution is 2.27. The number of amides is 1. The first kappa shape index (κ1) is 23.1. The number of fused-ring (bicyclic) bond motifs is 1. The molecule has 7 nitrogen and oxygen atoms in total. The van der Waals surface area contributed by atoms with E-state index in [1.807, 2.05) is 43.3 Å². The van der Waals surface area contributed by atoms with Crippen LogP contribution in [-0.4, -0.2) is 63.5 Å². The summed E-state index contributed by atoms with van der Waals surface area (Å²) < 4.78 is 15.7. The molecule has 0 aliphatic carbocycles. The van der Waals surface area contributed by atoms with Crippen molar-refractivity contribution in [2.24, 2.45) is 0 Å². The molecule has 4 aromatic rings. The number of halogens is 1. The van der Waals surface area contributed by atoms with Gasteiger partial charge in [0.05, 0.1) is 11.9 Å². The third-order valence-electron chi connectivity index (χ3n) is 6.65. The molecule has 0 unspecified atom stereocenters. The summed E-state index contributed by atoms with van der Waals surface area (Å²) in [5.41, 5.74) is 6.19. The molecule has 3 heterocycles. The second-order valence-corrected chi connectivity index (χ2v) is 9.12. The van der Waals surface area contributed by atoms with E-state index >= 15 is 0 Å². The summed E-state index contributed by atoms with van der Waals surface area (Å²) in [7, 11) is 2.11. The number of hydrogen-bond acceptors (Lipinski definition) is 5. The van der Waals surface area contributed by atoms with Gasteiger partial charge in [0.25, 0.3) is 5.91 Å². The van der Waals surface area contributed by atoms with Crippen LogP contribution in [0.15, 0.2) is 60.9 Å². The highest BCUT2D eigenvalue weighted by Gasteiger charge is 2.17. The van der Waals surface area contributed by atoms with Gasteiger partial charge >= 0.3 is 0 Å². The van der Waals surface area contributed by atoms with Crippen molar-refractivity contribution in [3.8, 4) is 11.3 Å². The van der Waals surface area contributed by atoms with Crippen LogP contribution in [0.25, 0.3) is 16.9 Å². The maximum absolute atomic E-state index is 13.9. The smallest absolute Gasteiger partial charge is 0.255 e. The molecule has 0 spiro atoms. The van der Waals surface area contributed by atoms with Gasteiger partial charge in [0.1, 0.15) is 6.67 Å². The number of carbonyl (C=O) groups excluding carboxylic acids is 1. The van der Waals surface area contributed by atoms with E-state index in [2.05, 4.69) is 32.2 Å². The van der Waals surface area contributed by atoms with E-state index in [9.17, 15) is 9.18 Å². The number of anilines is 1. The van der Waals surface area contributed by atoms with Crippen LogP contribution in [0.2, 0.25) is 0 Å². The average Bonchev–Trinajstić information content (AvgIpc) is 3.31. The van der Waals surface area contributed by atoms with E-state index in [0.717, 1.165) is 54.2 Å². The summed E-state index contributed by atoms with van der Waals surface area (Å²) in [4.78, 5) is 22.1. The Morgan fingerprint density at radius 1 is 1.06 bits per heavy atom. The van der Waals surface area contributed by atoms with Gasteiger partial charge in [-0.3, -0.25) is 9.69 Å². The largest absolute Gasteiger partial charge is 0.322 e. The molecule has 0 saturated carbocycles. The lowest BCUT2D eigenvalue weighted by molar-refractivity contribution is 0.102. The number of rotatable bonds is 6. The minimum Gasteiger partial charge on any atom is -0.322 e. The van der Waals surface area contributed by atoms with E-state index in [1.165, 1.54) is 0 Å². The topological polar surface area (TPSA) is 65.8 Å². The van der Waals surface area contributed by atoms with Gasteiger partial charge in [0.2, 0.25) is 0 Å². The normalized spacial score (nSPS) is 14.9. The second kappa shape index (κ2) is 9.93. The minimum atomic E-state index is -0.597. The highest BCUT2D eigenvalue weighted by atomic mass is 19.1. The molecule has 5 rings (SSSR count). The minimum absolute atomic E-state index is 0.267. The monoisotopic (exact) mass is 472 g/mol. The van der Waals surface area contributed by atoms with E-state index < -0.39 is 6.67 Å². The summed E-state index contributed by atoms with van der Waals surface area (Å²) in [6, 6.07) is 14.8. The molecule has 180 valence electrons. The maximum Gasteiger partial charge on any atom is 0.255 e. The number of aromatic nitrogens is 3. The molecular weight excluding hydrogens is 443 g/mol. The number of piperazine rings is 1. The third-order valence-corrected chi connectivity index (χ3v) is 6.65. The number of likely N-dealkylation sites (N-methyl/N-ethyl adjacent to an activating group) is 1. The summed E-state index contributed by atoms with van der Waals surface area (Å²) in [6.07, 6.45) is 3.50. The van der Waals surface area contributed by atoms with Gasteiger partial charge in [0, 0.05) is 55.7 Å². The molecule has 0 radical (unpaired) electrons. The molecule has 0 atom stereocenters. The van der Waals surface area contributed by atoms with Crippen molar-refractivity contribution in [3.63, 3.8) is 0 Å². The van der Waals surface area contributed by atoms with Crippen molar-refractivity contribution in [1.29, 1.82) is 0 Å². The summed E-state index contributed by atoms with van der Waals surface area (Å²) >= 11 is 0. The first-order valence-electron chi connectivity index (χ1n) is 11.8. The SMILES string of the molecule is Cc1ccc(NC(=O)c2ccc(CN3CCN(C)CC3)c(CF)c2)cc1-c1cnc2cccnn12. The Kier molecular flexibility index (Phi) is 6.57. The lowest BCUT2D eigenvalue weighted by Gasteiger charge is -2.32. The van der Waals surface area contributed by atoms with Gasteiger partial charge in [-0.2, -0.15) is 5.10 Å². The standard InChI is InChI=1S/C27H29FN6O/c1-19-5-8-23(15-24(19)25-17-29-26-4-3-9-30-34(25)26)31-27(35)20-6-7-21(22(14-20)16-28)18-33-12-10-32(2)11-13-33/h3-9,14-15,17H,10-13,16,18H2,1-2H3,(H,31,35). The fraction of sp³-hybridized carbons (Fsp3) is 0.296. The van der Waals surface area contributed by atoms with E-state index in [1.54, 1.807) is 29.0 Å². The average molecular weight is 473 g/mol. The first-order valence-corrected chi connectivity index (χ1v) is 11.8. The predicted molar refractivity (Wildman–Crippen MR) is 135 cm³/mol. The van der Waals surface area contributed by atoms with Crippen molar-refractivity contribution in [2.75, 3.05) is 38.5 Å². The van der Waals surface area contributed by atoms with Crippen molar-refractivity contribution in [3.05, 3.63) is 83.2 Å². The lowest BCUT2D eigenvalue weighted by atomic mass is 10.0. The Hall–Kier alpha value is -3.62. The molecule has 1 aliphatic rings. The Balaban J connectivity index is 1.34. The summed E-state index contributed by atoms with van der Waals surface area (Å²) in [6.45, 7) is 6.05. The van der Waals surface area contributed by atoms with Crippen molar-refractivity contribution < 1.29 is 9.18 Å².